The van der Waals surface area contributed by atoms with Crippen molar-refractivity contribution >= 4 is 36.4 Å². The molecule has 7 heteroatoms. The Labute approximate surface area is 172 Å². The number of nitrogens with one attached hydrogen (secondary N) is 2. The lowest BCUT2D eigenvalue weighted by atomic mass is 9.91. The predicted molar refractivity (Wildman–Crippen MR) is 113 cm³/mol. The molecule has 0 amide bonds. The Balaban J connectivity index is 0.00000121. The van der Waals surface area contributed by atoms with E-state index in [2.05, 4.69) is 26.5 Å². The minimum Gasteiger partial charge on any atom is -0.315 e. The van der Waals surface area contributed by atoms with Crippen LogP contribution in [-0.2, 0) is 0 Å². The van der Waals surface area contributed by atoms with Gasteiger partial charge in [0.25, 0.3) is 0 Å². The SMILES string of the molecule is Cl.Cl.Clc1ccccc1-c1cc(C2CCN(C3CCCNC3)CC2)[nH]n1. The smallest absolute Gasteiger partial charge is 0.0938 e. The van der Waals surface area contributed by atoms with Crippen LogP contribution in [0.15, 0.2) is 30.3 Å². The molecule has 4 nitrogen and oxygen atoms in total. The van der Waals surface area contributed by atoms with Gasteiger partial charge in [-0.15, -0.1) is 24.8 Å². The van der Waals surface area contributed by atoms with E-state index in [1.807, 2.05) is 24.3 Å². The summed E-state index contributed by atoms with van der Waals surface area (Å²) in [7, 11) is 0. The molecule has 2 saturated heterocycles. The zero-order valence-electron chi connectivity index (χ0n) is 14.8. The van der Waals surface area contributed by atoms with E-state index >= 15 is 0 Å². The van der Waals surface area contributed by atoms with Crippen molar-refractivity contribution in [3.8, 4) is 11.3 Å². The molecule has 2 N–H and O–H groups in total. The number of halogens is 3. The van der Waals surface area contributed by atoms with Crippen LogP contribution in [0.25, 0.3) is 11.3 Å². The van der Waals surface area contributed by atoms with Crippen molar-refractivity contribution in [1.29, 1.82) is 0 Å². The number of hydrogen-bond donors (Lipinski definition) is 2. The van der Waals surface area contributed by atoms with E-state index in [1.165, 1.54) is 51.0 Å². The Morgan fingerprint density at radius 1 is 1.08 bits per heavy atom. The van der Waals surface area contributed by atoms with Crippen molar-refractivity contribution in [2.24, 2.45) is 0 Å². The van der Waals surface area contributed by atoms with Crippen LogP contribution < -0.4 is 5.32 Å². The van der Waals surface area contributed by atoms with Crippen molar-refractivity contribution in [1.82, 2.24) is 20.4 Å². The van der Waals surface area contributed by atoms with Gasteiger partial charge in [-0.3, -0.25) is 10.00 Å². The minimum atomic E-state index is 0. The third-order valence-corrected chi connectivity index (χ3v) is 5.83. The average Bonchev–Trinajstić information content (AvgIpc) is 3.13. The van der Waals surface area contributed by atoms with E-state index in [-0.39, 0.29) is 24.8 Å². The van der Waals surface area contributed by atoms with E-state index in [0.29, 0.717) is 5.92 Å². The number of aromatic nitrogens is 2. The van der Waals surface area contributed by atoms with Gasteiger partial charge >= 0.3 is 0 Å². The van der Waals surface area contributed by atoms with Gasteiger partial charge in [0.15, 0.2) is 0 Å². The fourth-order valence-corrected chi connectivity index (χ4v) is 4.31. The second-order valence-electron chi connectivity index (χ2n) is 7.00. The summed E-state index contributed by atoms with van der Waals surface area (Å²) in [6, 6.07) is 10.8. The number of piperidine rings is 2. The zero-order valence-corrected chi connectivity index (χ0v) is 17.2. The summed E-state index contributed by atoms with van der Waals surface area (Å²) in [5, 5.41) is 12.0. The number of nitrogens with zero attached hydrogens (tertiary/aromatic N) is 2. The van der Waals surface area contributed by atoms with Crippen LogP contribution in [0.5, 0.6) is 0 Å². The maximum Gasteiger partial charge on any atom is 0.0938 e. The maximum absolute atomic E-state index is 6.29. The van der Waals surface area contributed by atoms with Crippen LogP contribution in [0.4, 0.5) is 0 Å². The van der Waals surface area contributed by atoms with Gasteiger partial charge in [0.2, 0.25) is 0 Å². The molecular weight excluding hydrogens is 391 g/mol. The monoisotopic (exact) mass is 416 g/mol. The third kappa shape index (κ3) is 4.73. The number of likely N-dealkylation sites (tertiary alicyclic amines) is 1. The van der Waals surface area contributed by atoms with Crippen molar-refractivity contribution in [3.63, 3.8) is 0 Å². The molecule has 26 heavy (non-hydrogen) atoms. The van der Waals surface area contributed by atoms with Gasteiger partial charge in [-0.25, -0.2) is 0 Å². The summed E-state index contributed by atoms with van der Waals surface area (Å²) in [5.41, 5.74) is 3.22. The van der Waals surface area contributed by atoms with E-state index in [4.69, 9.17) is 11.6 Å². The molecule has 1 aromatic carbocycles. The van der Waals surface area contributed by atoms with E-state index in [0.717, 1.165) is 28.9 Å². The highest BCUT2D eigenvalue weighted by molar-refractivity contribution is 6.33. The van der Waals surface area contributed by atoms with E-state index in [1.54, 1.807) is 0 Å². The molecule has 1 unspecified atom stereocenters. The fourth-order valence-electron chi connectivity index (χ4n) is 4.07. The van der Waals surface area contributed by atoms with Gasteiger partial charge in [-0.05, 0) is 57.5 Å². The highest BCUT2D eigenvalue weighted by Gasteiger charge is 2.27. The highest BCUT2D eigenvalue weighted by Crippen LogP contribution is 2.32. The second-order valence-corrected chi connectivity index (χ2v) is 7.41. The van der Waals surface area contributed by atoms with E-state index in [9.17, 15) is 0 Å². The molecule has 2 aliphatic heterocycles. The minimum absolute atomic E-state index is 0. The topological polar surface area (TPSA) is 44.0 Å². The quantitative estimate of drug-likeness (QED) is 0.772. The largest absolute Gasteiger partial charge is 0.315 e. The van der Waals surface area contributed by atoms with Gasteiger partial charge in [0.1, 0.15) is 0 Å². The number of benzene rings is 1. The van der Waals surface area contributed by atoms with Crippen LogP contribution >= 0.6 is 36.4 Å². The number of hydrogen-bond acceptors (Lipinski definition) is 3. The third-order valence-electron chi connectivity index (χ3n) is 5.50. The highest BCUT2D eigenvalue weighted by atomic mass is 35.5. The molecule has 1 atom stereocenters. The van der Waals surface area contributed by atoms with Crippen LogP contribution in [0.1, 0.15) is 37.3 Å². The Bertz CT molecular complexity index is 677. The summed E-state index contributed by atoms with van der Waals surface area (Å²) in [6.07, 6.45) is 5.08. The zero-order chi connectivity index (χ0) is 16.4. The van der Waals surface area contributed by atoms with Gasteiger partial charge < -0.3 is 5.32 Å². The summed E-state index contributed by atoms with van der Waals surface area (Å²) in [5.74, 6) is 0.585. The summed E-state index contributed by atoms with van der Waals surface area (Å²) >= 11 is 6.29. The molecule has 4 rings (SSSR count). The van der Waals surface area contributed by atoms with Gasteiger partial charge in [0, 0.05) is 29.8 Å². The molecule has 0 bridgehead atoms. The summed E-state index contributed by atoms with van der Waals surface area (Å²) < 4.78 is 0. The first kappa shape index (κ1) is 21.5. The number of H-pyrrole nitrogens is 1. The van der Waals surface area contributed by atoms with Gasteiger partial charge in [-0.1, -0.05) is 29.8 Å². The fraction of sp³-hybridized carbons (Fsp3) is 0.526. The molecular formula is C19H27Cl3N4. The van der Waals surface area contributed by atoms with Crippen molar-refractivity contribution in [3.05, 3.63) is 41.0 Å². The second kappa shape index (κ2) is 9.95. The molecule has 1 aromatic heterocycles. The molecule has 0 radical (unpaired) electrons. The molecule has 2 fully saturated rings. The lowest BCUT2D eigenvalue weighted by Crippen LogP contribution is -2.48. The van der Waals surface area contributed by atoms with Crippen LogP contribution in [0, 0.1) is 0 Å². The van der Waals surface area contributed by atoms with Crippen LogP contribution in [0.2, 0.25) is 5.02 Å². The maximum atomic E-state index is 6.29. The standard InChI is InChI=1S/C19H25ClN4.2ClH/c20-17-6-2-1-5-16(17)19-12-18(22-23-19)14-7-10-24(11-8-14)15-4-3-9-21-13-15;;/h1-2,5-6,12,14-15,21H,3-4,7-11,13H2,(H,22,23);2*1H. The summed E-state index contributed by atoms with van der Waals surface area (Å²) in [4.78, 5) is 2.67. The molecule has 2 aliphatic rings. The first-order valence-electron chi connectivity index (χ1n) is 9.06. The Hall–Kier alpha value is -0.780. The van der Waals surface area contributed by atoms with Gasteiger partial charge in [-0.2, -0.15) is 5.10 Å². The lowest BCUT2D eigenvalue weighted by Gasteiger charge is -2.39. The molecule has 3 heterocycles. The molecule has 0 aliphatic carbocycles. The lowest BCUT2D eigenvalue weighted by molar-refractivity contribution is 0.129. The first-order valence-corrected chi connectivity index (χ1v) is 9.44. The van der Waals surface area contributed by atoms with Gasteiger partial charge in [0.05, 0.1) is 10.7 Å². The summed E-state index contributed by atoms with van der Waals surface area (Å²) in [6.45, 7) is 4.73. The van der Waals surface area contributed by atoms with Crippen molar-refractivity contribution in [2.45, 2.75) is 37.6 Å². The molecule has 0 saturated carbocycles. The number of aromatic amines is 1. The van der Waals surface area contributed by atoms with Crippen molar-refractivity contribution in [2.75, 3.05) is 26.2 Å². The Morgan fingerprint density at radius 2 is 1.85 bits per heavy atom. The van der Waals surface area contributed by atoms with Crippen molar-refractivity contribution < 1.29 is 0 Å². The van der Waals surface area contributed by atoms with Crippen LogP contribution in [0.3, 0.4) is 0 Å². The predicted octanol–water partition coefficient (Wildman–Crippen LogP) is 4.51. The molecule has 0 spiro atoms. The van der Waals surface area contributed by atoms with E-state index < -0.39 is 0 Å². The normalized spacial score (nSPS) is 21.7. The first-order chi connectivity index (χ1) is 11.8. The molecule has 2 aromatic rings. The number of rotatable bonds is 3. The van der Waals surface area contributed by atoms with Crippen LogP contribution in [-0.4, -0.2) is 47.3 Å². The Morgan fingerprint density at radius 3 is 2.54 bits per heavy atom. The molecule has 144 valence electrons. The average molecular weight is 418 g/mol. The Kier molecular flexibility index (Phi) is 8.24.